The number of carbonyl (C=O) groups excluding carboxylic acids is 2. The molecular formula is C20H20N2O4. The molecule has 0 bridgehead atoms. The van der Waals surface area contributed by atoms with E-state index in [-0.39, 0.29) is 24.2 Å². The average molecular weight is 352 g/mol. The van der Waals surface area contributed by atoms with Crippen LogP contribution >= 0.6 is 0 Å². The van der Waals surface area contributed by atoms with Crippen LogP contribution in [0.1, 0.15) is 12.0 Å². The Kier molecular flexibility index (Phi) is 4.24. The van der Waals surface area contributed by atoms with Gasteiger partial charge in [0.05, 0.1) is 5.92 Å². The topological polar surface area (TPSA) is 67.9 Å². The molecule has 2 aliphatic rings. The lowest BCUT2D eigenvalue weighted by atomic mass is 10.1. The van der Waals surface area contributed by atoms with Gasteiger partial charge in [-0.3, -0.25) is 9.59 Å². The summed E-state index contributed by atoms with van der Waals surface area (Å²) in [4.78, 5) is 26.6. The summed E-state index contributed by atoms with van der Waals surface area (Å²) in [5.74, 6) is 0.730. The Labute approximate surface area is 151 Å². The van der Waals surface area contributed by atoms with Crippen molar-refractivity contribution in [1.82, 2.24) is 0 Å². The first-order valence-corrected chi connectivity index (χ1v) is 8.68. The zero-order chi connectivity index (χ0) is 18.1. The van der Waals surface area contributed by atoms with E-state index in [2.05, 4.69) is 5.32 Å². The van der Waals surface area contributed by atoms with Gasteiger partial charge in [0.25, 0.3) is 0 Å². The fourth-order valence-corrected chi connectivity index (χ4v) is 3.29. The normalized spacial score (nSPS) is 18.7. The Morgan fingerprint density at radius 3 is 2.73 bits per heavy atom. The number of benzene rings is 2. The number of fused-ring (bicyclic) bond motifs is 1. The largest absolute Gasteiger partial charge is 0.486 e. The van der Waals surface area contributed by atoms with Gasteiger partial charge in [-0.05, 0) is 36.8 Å². The minimum atomic E-state index is -0.379. The smallest absolute Gasteiger partial charge is 0.229 e. The zero-order valence-electron chi connectivity index (χ0n) is 14.5. The van der Waals surface area contributed by atoms with E-state index in [9.17, 15) is 9.59 Å². The van der Waals surface area contributed by atoms with Crippen LogP contribution in [0.25, 0.3) is 0 Å². The highest BCUT2D eigenvalue weighted by atomic mass is 16.6. The monoisotopic (exact) mass is 352 g/mol. The van der Waals surface area contributed by atoms with Gasteiger partial charge in [-0.1, -0.05) is 12.1 Å². The van der Waals surface area contributed by atoms with Crippen molar-refractivity contribution < 1.29 is 19.1 Å². The van der Waals surface area contributed by atoms with Crippen LogP contribution in [0, 0.1) is 12.8 Å². The quantitative estimate of drug-likeness (QED) is 0.922. The second-order valence-electron chi connectivity index (χ2n) is 6.59. The molecule has 0 aromatic heterocycles. The van der Waals surface area contributed by atoms with E-state index in [1.807, 2.05) is 31.2 Å². The summed E-state index contributed by atoms with van der Waals surface area (Å²) in [6, 6.07) is 13.1. The van der Waals surface area contributed by atoms with Crippen molar-refractivity contribution >= 4 is 23.2 Å². The maximum atomic E-state index is 12.6. The fraction of sp³-hybridized carbons (Fsp3) is 0.300. The molecule has 6 nitrogen and oxygen atoms in total. The summed E-state index contributed by atoms with van der Waals surface area (Å²) in [6.45, 7) is 3.39. The van der Waals surface area contributed by atoms with E-state index >= 15 is 0 Å². The number of hydrogen-bond donors (Lipinski definition) is 1. The first-order chi connectivity index (χ1) is 12.6. The van der Waals surface area contributed by atoms with Gasteiger partial charge in [0.15, 0.2) is 11.5 Å². The Morgan fingerprint density at radius 1 is 1.12 bits per heavy atom. The first-order valence-electron chi connectivity index (χ1n) is 8.68. The Hall–Kier alpha value is -3.02. The third-order valence-electron chi connectivity index (χ3n) is 4.62. The van der Waals surface area contributed by atoms with Crippen molar-refractivity contribution in [2.24, 2.45) is 5.92 Å². The molecule has 134 valence electrons. The summed E-state index contributed by atoms with van der Waals surface area (Å²) < 4.78 is 11.0. The van der Waals surface area contributed by atoms with Crippen molar-refractivity contribution in [3.8, 4) is 11.5 Å². The predicted molar refractivity (Wildman–Crippen MR) is 97.7 cm³/mol. The highest BCUT2D eigenvalue weighted by Gasteiger charge is 2.35. The third kappa shape index (κ3) is 3.22. The Bertz CT molecular complexity index is 865. The highest BCUT2D eigenvalue weighted by molar-refractivity contribution is 6.03. The van der Waals surface area contributed by atoms with Crippen LogP contribution in [-0.2, 0) is 9.59 Å². The number of hydrogen-bond acceptors (Lipinski definition) is 4. The van der Waals surface area contributed by atoms with E-state index in [1.165, 1.54) is 0 Å². The maximum absolute atomic E-state index is 12.6. The number of aryl methyl sites for hydroxylation is 1. The van der Waals surface area contributed by atoms with Crippen LogP contribution in [0.5, 0.6) is 11.5 Å². The van der Waals surface area contributed by atoms with Crippen molar-refractivity contribution in [3.63, 3.8) is 0 Å². The number of rotatable bonds is 3. The molecule has 6 heteroatoms. The van der Waals surface area contributed by atoms with Gasteiger partial charge in [-0.15, -0.1) is 0 Å². The van der Waals surface area contributed by atoms with Crippen LogP contribution in [0.3, 0.4) is 0 Å². The summed E-state index contributed by atoms with van der Waals surface area (Å²) in [6.07, 6.45) is 0.213. The lowest BCUT2D eigenvalue weighted by Crippen LogP contribution is -2.28. The van der Waals surface area contributed by atoms with Crippen LogP contribution in [0.15, 0.2) is 42.5 Å². The maximum Gasteiger partial charge on any atom is 0.229 e. The van der Waals surface area contributed by atoms with Gasteiger partial charge in [-0.25, -0.2) is 0 Å². The summed E-state index contributed by atoms with van der Waals surface area (Å²) in [7, 11) is 0. The molecule has 1 saturated heterocycles. The predicted octanol–water partition coefficient (Wildman–Crippen LogP) is 2.76. The molecule has 1 N–H and O–H groups in total. The van der Waals surface area contributed by atoms with Gasteiger partial charge in [-0.2, -0.15) is 0 Å². The van der Waals surface area contributed by atoms with Crippen molar-refractivity contribution in [2.75, 3.05) is 30.0 Å². The van der Waals surface area contributed by atoms with Crippen LogP contribution < -0.4 is 19.7 Å². The number of nitrogens with one attached hydrogen (secondary N) is 1. The molecule has 2 aliphatic heterocycles. The molecule has 2 aromatic rings. The zero-order valence-corrected chi connectivity index (χ0v) is 14.5. The summed E-state index contributed by atoms with van der Waals surface area (Å²) >= 11 is 0. The number of carbonyl (C=O) groups is 2. The lowest BCUT2D eigenvalue weighted by molar-refractivity contribution is -0.122. The van der Waals surface area contributed by atoms with Gasteiger partial charge in [0.1, 0.15) is 13.2 Å². The molecule has 4 rings (SSSR count). The fourth-order valence-electron chi connectivity index (χ4n) is 3.29. The second kappa shape index (κ2) is 6.71. The molecule has 0 aliphatic carbocycles. The van der Waals surface area contributed by atoms with E-state index in [0.29, 0.717) is 36.9 Å². The van der Waals surface area contributed by atoms with E-state index in [4.69, 9.17) is 9.47 Å². The molecular weight excluding hydrogens is 332 g/mol. The number of ether oxygens (including phenoxy) is 2. The Morgan fingerprint density at radius 2 is 1.92 bits per heavy atom. The summed E-state index contributed by atoms with van der Waals surface area (Å²) in [5, 5.41) is 2.88. The van der Waals surface area contributed by atoms with Crippen LogP contribution in [-0.4, -0.2) is 31.6 Å². The van der Waals surface area contributed by atoms with E-state index in [1.54, 1.807) is 23.1 Å². The molecule has 2 amide bonds. The second-order valence-corrected chi connectivity index (χ2v) is 6.59. The number of nitrogens with zero attached hydrogens (tertiary/aromatic N) is 1. The molecule has 0 spiro atoms. The average Bonchev–Trinajstić information content (AvgIpc) is 3.03. The molecule has 2 aromatic carbocycles. The molecule has 2 heterocycles. The standard InChI is InChI=1S/C20H20N2O4/c1-13-3-2-4-16(9-13)22-12-14(10-19(22)23)20(24)21-15-5-6-17-18(11-15)26-8-7-25-17/h2-6,9,11,14H,7-8,10,12H2,1H3,(H,21,24)/t14-/m1/s1. The van der Waals surface area contributed by atoms with Crippen LogP contribution in [0.4, 0.5) is 11.4 Å². The third-order valence-corrected chi connectivity index (χ3v) is 4.62. The van der Waals surface area contributed by atoms with Crippen LogP contribution in [0.2, 0.25) is 0 Å². The van der Waals surface area contributed by atoms with E-state index < -0.39 is 0 Å². The first kappa shape index (κ1) is 16.4. The molecule has 1 atom stereocenters. The van der Waals surface area contributed by atoms with Gasteiger partial charge < -0.3 is 19.7 Å². The van der Waals surface area contributed by atoms with E-state index in [0.717, 1.165) is 11.3 Å². The van der Waals surface area contributed by atoms with Gasteiger partial charge in [0.2, 0.25) is 11.8 Å². The number of anilines is 2. The molecule has 0 radical (unpaired) electrons. The summed E-state index contributed by atoms with van der Waals surface area (Å²) in [5.41, 5.74) is 2.56. The highest BCUT2D eigenvalue weighted by Crippen LogP contribution is 2.33. The number of amides is 2. The minimum Gasteiger partial charge on any atom is -0.486 e. The van der Waals surface area contributed by atoms with Gasteiger partial charge in [0, 0.05) is 30.4 Å². The molecule has 0 unspecified atom stereocenters. The van der Waals surface area contributed by atoms with Gasteiger partial charge >= 0.3 is 0 Å². The molecule has 0 saturated carbocycles. The molecule has 1 fully saturated rings. The SMILES string of the molecule is Cc1cccc(N2C[C@H](C(=O)Nc3ccc4c(c3)OCCO4)CC2=O)c1. The van der Waals surface area contributed by atoms with Crippen molar-refractivity contribution in [1.29, 1.82) is 0 Å². The van der Waals surface area contributed by atoms with Crippen molar-refractivity contribution in [2.45, 2.75) is 13.3 Å². The van der Waals surface area contributed by atoms with Crippen molar-refractivity contribution in [3.05, 3.63) is 48.0 Å². The molecule has 26 heavy (non-hydrogen) atoms. The minimum absolute atomic E-state index is 0.0297. The lowest BCUT2D eigenvalue weighted by Gasteiger charge is -2.19. The Balaban J connectivity index is 1.45.